The van der Waals surface area contributed by atoms with Crippen molar-refractivity contribution in [3.05, 3.63) is 47.0 Å². The molecule has 0 saturated heterocycles. The van der Waals surface area contributed by atoms with Crippen LogP contribution in [0.15, 0.2) is 30.3 Å². The first kappa shape index (κ1) is 18.8. The third kappa shape index (κ3) is 3.49. The van der Waals surface area contributed by atoms with Crippen LogP contribution in [-0.4, -0.2) is 46.1 Å². The highest BCUT2D eigenvalue weighted by Gasteiger charge is 2.21. The number of hydrogen-bond donors (Lipinski definition) is 1. The van der Waals surface area contributed by atoms with Gasteiger partial charge in [-0.25, -0.2) is 19.3 Å². The number of methoxy groups -OCH3 is 2. The van der Waals surface area contributed by atoms with Gasteiger partial charge in [0, 0.05) is 0 Å². The number of esters is 2. The first-order chi connectivity index (χ1) is 14.0. The highest BCUT2D eigenvalue weighted by atomic mass is 32.1. The van der Waals surface area contributed by atoms with Gasteiger partial charge in [-0.3, -0.25) is 0 Å². The molecule has 0 aliphatic heterocycles. The topological polar surface area (TPSA) is 108 Å². The molecule has 148 valence electrons. The SMILES string of the molecule is COC(=O)c1cc2nc(NCn3nnc4cc(C)ccc43)sc2cc1C(=O)OC. The minimum Gasteiger partial charge on any atom is -0.465 e. The van der Waals surface area contributed by atoms with E-state index in [0.717, 1.165) is 21.3 Å². The van der Waals surface area contributed by atoms with Crippen LogP contribution in [0.5, 0.6) is 0 Å². The molecule has 0 unspecified atom stereocenters. The number of aromatic nitrogens is 4. The summed E-state index contributed by atoms with van der Waals surface area (Å²) in [5.74, 6) is -1.24. The molecule has 0 radical (unpaired) electrons. The molecule has 4 aromatic rings. The van der Waals surface area contributed by atoms with E-state index in [4.69, 9.17) is 9.47 Å². The van der Waals surface area contributed by atoms with Crippen molar-refractivity contribution in [2.75, 3.05) is 19.5 Å². The number of ether oxygens (including phenoxy) is 2. The molecule has 2 heterocycles. The molecule has 2 aromatic heterocycles. The molecule has 10 heteroatoms. The van der Waals surface area contributed by atoms with Gasteiger partial charge in [0.05, 0.1) is 41.1 Å². The van der Waals surface area contributed by atoms with Gasteiger partial charge in [0.2, 0.25) is 0 Å². The number of nitrogens with zero attached hydrogens (tertiary/aromatic N) is 4. The van der Waals surface area contributed by atoms with Crippen LogP contribution in [0.4, 0.5) is 5.13 Å². The van der Waals surface area contributed by atoms with Crippen molar-refractivity contribution in [3.63, 3.8) is 0 Å². The van der Waals surface area contributed by atoms with Gasteiger partial charge in [0.25, 0.3) is 0 Å². The van der Waals surface area contributed by atoms with Crippen LogP contribution in [0.1, 0.15) is 26.3 Å². The van der Waals surface area contributed by atoms with Crippen LogP contribution in [0.2, 0.25) is 0 Å². The zero-order valence-corrected chi connectivity index (χ0v) is 16.7. The van der Waals surface area contributed by atoms with Gasteiger partial charge < -0.3 is 14.8 Å². The summed E-state index contributed by atoms with van der Waals surface area (Å²) >= 11 is 1.35. The van der Waals surface area contributed by atoms with Crippen LogP contribution in [-0.2, 0) is 16.1 Å². The molecule has 0 spiro atoms. The van der Waals surface area contributed by atoms with E-state index in [2.05, 4.69) is 20.6 Å². The zero-order valence-electron chi connectivity index (χ0n) is 15.9. The number of carbonyl (C=O) groups is 2. The van der Waals surface area contributed by atoms with Crippen molar-refractivity contribution in [2.24, 2.45) is 0 Å². The Morgan fingerprint density at radius 2 is 1.79 bits per heavy atom. The Labute approximate surface area is 169 Å². The van der Waals surface area contributed by atoms with E-state index in [1.807, 2.05) is 25.1 Å². The second-order valence-electron chi connectivity index (χ2n) is 6.28. The molecule has 0 bridgehead atoms. The zero-order chi connectivity index (χ0) is 20.5. The minimum atomic E-state index is -0.626. The second kappa shape index (κ2) is 7.47. The molecule has 0 amide bonds. The Morgan fingerprint density at radius 1 is 1.07 bits per heavy atom. The van der Waals surface area contributed by atoms with Crippen molar-refractivity contribution < 1.29 is 19.1 Å². The van der Waals surface area contributed by atoms with Gasteiger partial charge >= 0.3 is 11.9 Å². The third-order valence-corrected chi connectivity index (χ3v) is 5.36. The van der Waals surface area contributed by atoms with Gasteiger partial charge in [-0.15, -0.1) is 5.10 Å². The number of benzene rings is 2. The van der Waals surface area contributed by atoms with E-state index in [9.17, 15) is 9.59 Å². The maximum absolute atomic E-state index is 12.1. The van der Waals surface area contributed by atoms with E-state index >= 15 is 0 Å². The molecule has 4 rings (SSSR count). The molecule has 9 nitrogen and oxygen atoms in total. The van der Waals surface area contributed by atoms with Crippen molar-refractivity contribution >= 4 is 49.7 Å². The van der Waals surface area contributed by atoms with Crippen molar-refractivity contribution in [3.8, 4) is 0 Å². The maximum atomic E-state index is 12.1. The standard InChI is InChI=1S/C19H17N5O4S/c1-10-4-5-15-13(6-10)22-23-24(15)9-20-19-21-14-7-11(17(25)27-2)12(18(26)28-3)8-16(14)29-19/h4-8H,9H2,1-3H3,(H,20,21). The Kier molecular flexibility index (Phi) is 4.85. The lowest BCUT2D eigenvalue weighted by Gasteiger charge is -2.05. The number of aryl methyl sites for hydroxylation is 1. The van der Waals surface area contributed by atoms with Gasteiger partial charge in [0.15, 0.2) is 5.13 Å². The van der Waals surface area contributed by atoms with Gasteiger partial charge in [-0.1, -0.05) is 22.6 Å². The highest BCUT2D eigenvalue weighted by molar-refractivity contribution is 7.22. The number of rotatable bonds is 5. The molecule has 0 saturated carbocycles. The van der Waals surface area contributed by atoms with E-state index in [0.29, 0.717) is 17.3 Å². The average molecular weight is 411 g/mol. The quantitative estimate of drug-likeness (QED) is 0.499. The Hall–Kier alpha value is -3.53. The summed E-state index contributed by atoms with van der Waals surface area (Å²) in [6.45, 7) is 2.37. The number of fused-ring (bicyclic) bond motifs is 2. The van der Waals surface area contributed by atoms with Gasteiger partial charge in [0.1, 0.15) is 12.2 Å². The van der Waals surface area contributed by atoms with Crippen LogP contribution in [0.25, 0.3) is 21.3 Å². The minimum absolute atomic E-state index is 0.112. The Balaban J connectivity index is 1.64. The number of hydrogen-bond acceptors (Lipinski definition) is 9. The molecule has 0 atom stereocenters. The van der Waals surface area contributed by atoms with E-state index in [-0.39, 0.29) is 11.1 Å². The van der Waals surface area contributed by atoms with E-state index < -0.39 is 11.9 Å². The fraction of sp³-hybridized carbons (Fsp3) is 0.211. The molecule has 1 N–H and O–H groups in total. The first-order valence-corrected chi connectivity index (χ1v) is 9.46. The molecule has 0 aliphatic rings. The summed E-state index contributed by atoms with van der Waals surface area (Å²) < 4.78 is 12.0. The highest BCUT2D eigenvalue weighted by Crippen LogP contribution is 2.29. The van der Waals surface area contributed by atoms with Crippen LogP contribution >= 0.6 is 11.3 Å². The number of anilines is 1. The van der Waals surface area contributed by atoms with Gasteiger partial charge in [-0.2, -0.15) is 0 Å². The maximum Gasteiger partial charge on any atom is 0.338 e. The summed E-state index contributed by atoms with van der Waals surface area (Å²) in [6, 6.07) is 9.06. The predicted molar refractivity (Wildman–Crippen MR) is 108 cm³/mol. The molecule has 29 heavy (non-hydrogen) atoms. The number of thiazole rings is 1. The van der Waals surface area contributed by atoms with Gasteiger partial charge in [-0.05, 0) is 36.8 Å². The fourth-order valence-electron chi connectivity index (χ4n) is 2.95. The lowest BCUT2D eigenvalue weighted by atomic mass is 10.1. The summed E-state index contributed by atoms with van der Waals surface area (Å²) in [4.78, 5) is 28.6. The summed E-state index contributed by atoms with van der Waals surface area (Å²) in [7, 11) is 2.52. The van der Waals surface area contributed by atoms with Crippen molar-refractivity contribution in [1.82, 2.24) is 20.0 Å². The van der Waals surface area contributed by atoms with Crippen molar-refractivity contribution in [1.29, 1.82) is 0 Å². The lowest BCUT2D eigenvalue weighted by molar-refractivity contribution is 0.0555. The number of nitrogens with one attached hydrogen (secondary N) is 1. The smallest absolute Gasteiger partial charge is 0.338 e. The third-order valence-electron chi connectivity index (χ3n) is 4.39. The number of carbonyl (C=O) groups excluding carboxylic acids is 2. The largest absolute Gasteiger partial charge is 0.465 e. The first-order valence-electron chi connectivity index (χ1n) is 8.65. The van der Waals surface area contributed by atoms with Crippen LogP contribution in [0, 0.1) is 6.92 Å². The molecule has 0 fully saturated rings. The molecular formula is C19H17N5O4S. The van der Waals surface area contributed by atoms with E-state index in [1.165, 1.54) is 31.6 Å². The predicted octanol–water partition coefficient (Wildman–Crippen LogP) is 2.99. The second-order valence-corrected chi connectivity index (χ2v) is 7.31. The van der Waals surface area contributed by atoms with E-state index in [1.54, 1.807) is 10.7 Å². The monoisotopic (exact) mass is 411 g/mol. The summed E-state index contributed by atoms with van der Waals surface area (Å²) in [5, 5.41) is 12.2. The normalized spacial score (nSPS) is 11.0. The van der Waals surface area contributed by atoms with Crippen LogP contribution < -0.4 is 5.32 Å². The van der Waals surface area contributed by atoms with Crippen LogP contribution in [0.3, 0.4) is 0 Å². The Bertz CT molecular complexity index is 1190. The molecule has 0 aliphatic carbocycles. The average Bonchev–Trinajstić information content (AvgIpc) is 3.32. The molecular weight excluding hydrogens is 394 g/mol. The Morgan fingerprint density at radius 3 is 2.52 bits per heavy atom. The lowest BCUT2D eigenvalue weighted by Crippen LogP contribution is -2.11. The van der Waals surface area contributed by atoms with Crippen molar-refractivity contribution in [2.45, 2.75) is 13.6 Å². The summed E-state index contributed by atoms with van der Waals surface area (Å²) in [5.41, 5.74) is 3.67. The molecule has 2 aromatic carbocycles. The fourth-order valence-corrected chi connectivity index (χ4v) is 3.82. The summed E-state index contributed by atoms with van der Waals surface area (Å²) in [6.07, 6.45) is 0.